The summed E-state index contributed by atoms with van der Waals surface area (Å²) in [4.78, 5) is 19.2. The van der Waals surface area contributed by atoms with Gasteiger partial charge in [0.1, 0.15) is 0 Å². The summed E-state index contributed by atoms with van der Waals surface area (Å²) in [5.41, 5.74) is 1.25. The number of carbonyl (C=O) groups is 1. The Morgan fingerprint density at radius 3 is 2.33 bits per heavy atom. The maximum atomic E-state index is 9.85. The summed E-state index contributed by atoms with van der Waals surface area (Å²) in [6.45, 7) is 0. The number of nitro groups is 1. The summed E-state index contributed by atoms with van der Waals surface area (Å²) < 4.78 is 3.87. The van der Waals surface area contributed by atoms with Gasteiger partial charge in [-0.25, -0.2) is 14.9 Å². The summed E-state index contributed by atoms with van der Waals surface area (Å²) >= 11 is 0. The van der Waals surface area contributed by atoms with Gasteiger partial charge in [-0.2, -0.15) is 0 Å². The Labute approximate surface area is 93.5 Å². The summed E-state index contributed by atoms with van der Waals surface area (Å²) in [5, 5.41) is 8.37. The van der Waals surface area contributed by atoms with Crippen molar-refractivity contribution in [2.24, 2.45) is 0 Å². The van der Waals surface area contributed by atoms with Crippen LogP contribution in [0.3, 0.4) is 0 Å². The molecule has 0 saturated heterocycles. The van der Waals surface area contributed by atoms with E-state index in [4.69, 9.17) is 0 Å². The number of nitrogens with one attached hydrogen (secondary N) is 1. The van der Waals surface area contributed by atoms with Gasteiger partial charge in [0, 0.05) is 0 Å². The van der Waals surface area contributed by atoms with Crippen molar-refractivity contribution in [1.82, 2.24) is 5.43 Å². The second-order valence-corrected chi connectivity index (χ2v) is 0.860. The minimum atomic E-state index is -1.07. The van der Waals surface area contributed by atoms with Gasteiger partial charge in [-0.15, -0.1) is 0 Å². The van der Waals surface area contributed by atoms with Crippen molar-refractivity contribution in [3.05, 3.63) is 10.1 Å². The Hall–Kier alpha value is 0.306. The normalized spacial score (nSPS) is 6.78. The van der Waals surface area contributed by atoms with E-state index >= 15 is 0 Å². The second-order valence-electron chi connectivity index (χ2n) is 0.860. The quantitative estimate of drug-likeness (QED) is 0.299. The predicted molar refractivity (Wildman–Crippen MR) is 29.7 cm³/mol. The zero-order valence-corrected chi connectivity index (χ0v) is 4.08. The molecule has 1 N–H and O–H groups in total. The molecule has 0 radical (unpaired) electrons. The summed E-state index contributed by atoms with van der Waals surface area (Å²) in [6.07, 6.45) is -1.07. The molecule has 1 amide bonds. The first-order chi connectivity index (χ1) is 3.66. The van der Waals surface area contributed by atoms with E-state index in [2.05, 4.69) is 4.74 Å². The molecule has 0 aliphatic carbocycles. The van der Waals surface area contributed by atoms with Crippen LogP contribution in [0.4, 0.5) is 4.79 Å². The first-order valence-electron chi connectivity index (χ1n) is 1.66. The van der Waals surface area contributed by atoms with E-state index in [1.165, 1.54) is 5.43 Å². The van der Waals surface area contributed by atoms with Crippen LogP contribution in [0.2, 0.25) is 0 Å². The van der Waals surface area contributed by atoms with Crippen molar-refractivity contribution in [2.45, 2.75) is 0 Å². The predicted octanol–water partition coefficient (Wildman–Crippen LogP) is -1.11. The number of rotatable bonds is 1. The van der Waals surface area contributed by atoms with Gasteiger partial charge in [-0.05, 0) is 5.43 Å². The Morgan fingerprint density at radius 2 is 2.22 bits per heavy atom. The van der Waals surface area contributed by atoms with E-state index in [1.54, 1.807) is 0 Å². The third kappa shape index (κ3) is 8.31. The molecular weight excluding hydrogens is 155 g/mol. The molecule has 0 aliphatic rings. The van der Waals surface area contributed by atoms with Gasteiger partial charge in [0.2, 0.25) is 0 Å². The second kappa shape index (κ2) is 6.43. The molecule has 0 bridgehead atoms. The van der Waals surface area contributed by atoms with E-state index < -0.39 is 11.1 Å². The SMILES string of the molecule is COC(=O)N[N+](=O)[O-].[KH]. The van der Waals surface area contributed by atoms with Crippen LogP contribution >= 0.6 is 0 Å². The Morgan fingerprint density at radius 1 is 1.78 bits per heavy atom. The van der Waals surface area contributed by atoms with Gasteiger partial charge in [-0.1, -0.05) is 0 Å². The fourth-order valence-electron chi connectivity index (χ4n) is 0.120. The zero-order valence-electron chi connectivity index (χ0n) is 4.08. The summed E-state index contributed by atoms with van der Waals surface area (Å²) in [7, 11) is 1.04. The van der Waals surface area contributed by atoms with Crippen molar-refractivity contribution >= 4 is 57.5 Å². The van der Waals surface area contributed by atoms with Crippen molar-refractivity contribution in [3.63, 3.8) is 0 Å². The Bertz CT molecular complexity index is 115. The number of methoxy groups -OCH3 is 1. The molecule has 0 spiro atoms. The molecule has 0 rings (SSSR count). The van der Waals surface area contributed by atoms with Crippen LogP contribution in [-0.4, -0.2) is 69.6 Å². The zero-order chi connectivity index (χ0) is 6.57. The molecule has 0 unspecified atom stereocenters. The third-order valence-corrected chi connectivity index (χ3v) is 0.368. The van der Waals surface area contributed by atoms with Crippen molar-refractivity contribution in [2.75, 3.05) is 7.11 Å². The summed E-state index contributed by atoms with van der Waals surface area (Å²) in [6, 6.07) is 0. The van der Waals surface area contributed by atoms with E-state index in [-0.39, 0.29) is 51.4 Å². The molecule has 0 heterocycles. The monoisotopic (exact) mass is 160 g/mol. The average molecular weight is 160 g/mol. The number of hydrogen-bond donors (Lipinski definition) is 1. The van der Waals surface area contributed by atoms with Crippen LogP contribution in [0.1, 0.15) is 0 Å². The van der Waals surface area contributed by atoms with E-state index in [1.807, 2.05) is 0 Å². The van der Waals surface area contributed by atoms with Gasteiger partial charge in [0.15, 0.2) is 5.03 Å². The molecule has 0 saturated carbocycles. The first kappa shape index (κ1) is 12.0. The molecule has 0 atom stereocenters. The molecule has 9 heavy (non-hydrogen) atoms. The number of nitrogens with zero attached hydrogens (tertiary/aromatic N) is 1. The van der Waals surface area contributed by atoms with Crippen LogP contribution in [0, 0.1) is 10.1 Å². The number of hydrogen-bond acceptors (Lipinski definition) is 4. The van der Waals surface area contributed by atoms with Crippen molar-refractivity contribution in [1.29, 1.82) is 0 Å². The van der Waals surface area contributed by atoms with Gasteiger partial charge >= 0.3 is 57.5 Å². The minimum absolute atomic E-state index is 0. The first-order valence-corrected chi connectivity index (χ1v) is 1.66. The number of carbonyl (C=O) groups excluding carboxylic acids is 1. The number of amides is 1. The fourth-order valence-corrected chi connectivity index (χ4v) is 0.120. The number of ether oxygens (including phenoxy) is 1. The van der Waals surface area contributed by atoms with E-state index in [9.17, 15) is 14.9 Å². The molecule has 0 aliphatic heterocycles. The molecule has 0 fully saturated rings. The Kier molecular flexibility index (Phi) is 8.59. The average Bonchev–Trinajstić information content (AvgIpc) is 1.65. The van der Waals surface area contributed by atoms with Gasteiger partial charge in [-0.3, -0.25) is 0 Å². The maximum absolute atomic E-state index is 9.85. The summed E-state index contributed by atoms with van der Waals surface area (Å²) in [5.74, 6) is 0. The van der Waals surface area contributed by atoms with Gasteiger partial charge < -0.3 is 4.74 Å². The molecule has 48 valence electrons. The standard InChI is InChI=1S/C2H4N2O4.K.H/c1-8-2(5)3-4(6)7;;/h1H3,(H,3,5);;. The molecule has 0 aromatic carbocycles. The molecule has 0 aromatic heterocycles. The molecule has 7 heteroatoms. The van der Waals surface area contributed by atoms with Gasteiger partial charge in [0.05, 0.1) is 7.11 Å². The fraction of sp³-hybridized carbons (Fsp3) is 0.500. The molecule has 6 nitrogen and oxygen atoms in total. The van der Waals surface area contributed by atoms with Crippen LogP contribution in [0.25, 0.3) is 0 Å². The number of hydrazine groups is 1. The van der Waals surface area contributed by atoms with Crippen LogP contribution < -0.4 is 5.43 Å². The van der Waals surface area contributed by atoms with E-state index in [0.29, 0.717) is 0 Å². The van der Waals surface area contributed by atoms with E-state index in [0.717, 1.165) is 7.11 Å². The van der Waals surface area contributed by atoms with Crippen LogP contribution in [0.15, 0.2) is 0 Å². The third-order valence-electron chi connectivity index (χ3n) is 0.368. The molecular formula is C2H5KN2O4. The topological polar surface area (TPSA) is 81.5 Å². The van der Waals surface area contributed by atoms with Crippen LogP contribution in [0.5, 0.6) is 0 Å². The van der Waals surface area contributed by atoms with Crippen LogP contribution in [-0.2, 0) is 4.74 Å². The molecule has 0 aromatic rings. The van der Waals surface area contributed by atoms with Crippen molar-refractivity contribution in [3.8, 4) is 0 Å². The van der Waals surface area contributed by atoms with Gasteiger partial charge in [0.25, 0.3) is 0 Å². The Balaban J connectivity index is 0. The van der Waals surface area contributed by atoms with Crippen molar-refractivity contribution < 1.29 is 14.6 Å².